The number of nitrogens with zero attached hydrogens (tertiary/aromatic N) is 1. The highest BCUT2D eigenvalue weighted by atomic mass is 79.9. The molecule has 0 aliphatic carbocycles. The molecule has 1 rings (SSSR count). The molecular formula is C14H20Br2N2O3. The molecule has 5 nitrogen and oxygen atoms in total. The number of non-ortho nitro benzene ring substituents is 1. The van der Waals surface area contributed by atoms with Crippen molar-refractivity contribution in [3.63, 3.8) is 0 Å². The van der Waals surface area contributed by atoms with E-state index < -0.39 is 4.92 Å². The Morgan fingerprint density at radius 2 is 1.86 bits per heavy atom. The van der Waals surface area contributed by atoms with E-state index in [1.165, 1.54) is 12.1 Å². The Morgan fingerprint density at radius 1 is 1.33 bits per heavy atom. The van der Waals surface area contributed by atoms with Crippen LogP contribution in [-0.2, 0) is 0 Å². The molecule has 0 bridgehead atoms. The number of hydrogen-bond donors (Lipinski definition) is 1. The first-order valence-electron chi connectivity index (χ1n) is 6.61. The van der Waals surface area contributed by atoms with E-state index in [9.17, 15) is 10.1 Å². The number of halogens is 2. The average Bonchev–Trinajstić information content (AvgIpc) is 2.34. The smallest absolute Gasteiger partial charge is 0.271 e. The lowest BCUT2D eigenvalue weighted by atomic mass is 10.1. The second kappa shape index (κ2) is 7.56. The van der Waals surface area contributed by atoms with Gasteiger partial charge in [0.15, 0.2) is 0 Å². The number of rotatable bonds is 6. The first-order chi connectivity index (χ1) is 9.60. The number of nitrogens with one attached hydrogen (secondary N) is 1. The molecule has 0 heterocycles. The quantitative estimate of drug-likeness (QED) is 0.539. The van der Waals surface area contributed by atoms with Crippen LogP contribution in [0.5, 0.6) is 5.75 Å². The summed E-state index contributed by atoms with van der Waals surface area (Å²) in [5.41, 5.74) is 0.0894. The number of ether oxygens (including phenoxy) is 1. The summed E-state index contributed by atoms with van der Waals surface area (Å²) in [6.45, 7) is 9.80. The predicted octanol–water partition coefficient (Wildman–Crippen LogP) is 4.52. The molecule has 1 atom stereocenters. The fraction of sp³-hybridized carbons (Fsp3) is 0.571. The van der Waals surface area contributed by atoms with Crippen molar-refractivity contribution in [2.45, 2.75) is 33.2 Å². The molecule has 0 aromatic heterocycles. The Balaban J connectivity index is 2.65. The Morgan fingerprint density at radius 3 is 2.29 bits per heavy atom. The van der Waals surface area contributed by atoms with E-state index in [1.54, 1.807) is 0 Å². The van der Waals surface area contributed by atoms with E-state index in [1.807, 2.05) is 0 Å². The molecule has 0 aliphatic heterocycles. The van der Waals surface area contributed by atoms with E-state index in [0.717, 1.165) is 6.54 Å². The lowest BCUT2D eigenvalue weighted by Gasteiger charge is -2.23. The molecule has 0 saturated heterocycles. The van der Waals surface area contributed by atoms with Gasteiger partial charge in [-0.1, -0.05) is 6.92 Å². The molecule has 0 radical (unpaired) electrons. The normalized spacial score (nSPS) is 13.0. The van der Waals surface area contributed by atoms with Crippen molar-refractivity contribution >= 4 is 37.5 Å². The molecule has 1 aromatic rings. The molecule has 7 heteroatoms. The summed E-state index contributed by atoms with van der Waals surface area (Å²) in [5, 5.41) is 14.2. The Kier molecular flexibility index (Phi) is 6.62. The van der Waals surface area contributed by atoms with Crippen LogP contribution in [0.4, 0.5) is 5.69 Å². The van der Waals surface area contributed by atoms with Gasteiger partial charge in [0.1, 0.15) is 5.75 Å². The summed E-state index contributed by atoms with van der Waals surface area (Å²) >= 11 is 6.62. The number of benzene rings is 1. The molecule has 0 aliphatic rings. The lowest BCUT2D eigenvalue weighted by Crippen LogP contribution is -2.39. The minimum atomic E-state index is -0.435. The first kappa shape index (κ1) is 18.4. The third kappa shape index (κ3) is 6.32. The Labute approximate surface area is 141 Å². The van der Waals surface area contributed by atoms with Crippen LogP contribution in [0.3, 0.4) is 0 Å². The molecule has 0 fully saturated rings. The van der Waals surface area contributed by atoms with Crippen LogP contribution in [0.2, 0.25) is 0 Å². The number of nitro benzene ring substituents is 1. The molecule has 1 unspecified atom stereocenters. The van der Waals surface area contributed by atoms with Crippen molar-refractivity contribution in [3.05, 3.63) is 31.2 Å². The van der Waals surface area contributed by atoms with E-state index in [4.69, 9.17) is 4.74 Å². The zero-order chi connectivity index (χ0) is 16.2. The maximum Gasteiger partial charge on any atom is 0.271 e. The standard InChI is InChI=1S/C14H20Br2N2O3/c1-9(7-17-14(2,3)4)8-21-13-11(15)5-10(18(19)20)6-12(13)16/h5-6,9,17H,7-8H2,1-4H3. The van der Waals surface area contributed by atoms with Gasteiger partial charge < -0.3 is 10.1 Å². The SMILES string of the molecule is CC(CNC(C)(C)C)COc1c(Br)cc([N+](=O)[O-])cc1Br. The number of nitro groups is 1. The third-order valence-electron chi connectivity index (χ3n) is 2.69. The van der Waals surface area contributed by atoms with E-state index in [-0.39, 0.29) is 11.2 Å². The monoisotopic (exact) mass is 422 g/mol. The summed E-state index contributed by atoms with van der Waals surface area (Å²) in [7, 11) is 0. The van der Waals surface area contributed by atoms with Crippen LogP contribution in [0.1, 0.15) is 27.7 Å². The minimum absolute atomic E-state index is 0.0172. The molecule has 0 spiro atoms. The maximum absolute atomic E-state index is 10.8. The fourth-order valence-electron chi connectivity index (χ4n) is 1.55. The van der Waals surface area contributed by atoms with Gasteiger partial charge >= 0.3 is 0 Å². The van der Waals surface area contributed by atoms with Gasteiger partial charge in [-0.25, -0.2) is 0 Å². The molecule has 118 valence electrons. The van der Waals surface area contributed by atoms with Crippen LogP contribution in [0.25, 0.3) is 0 Å². The minimum Gasteiger partial charge on any atom is -0.491 e. The van der Waals surface area contributed by atoms with Gasteiger partial charge in [0.2, 0.25) is 0 Å². The first-order valence-corrected chi connectivity index (χ1v) is 8.20. The summed E-state index contributed by atoms with van der Waals surface area (Å²) in [4.78, 5) is 10.3. The van der Waals surface area contributed by atoms with Gasteiger partial charge in [-0.15, -0.1) is 0 Å². The number of hydrogen-bond acceptors (Lipinski definition) is 4. The molecule has 21 heavy (non-hydrogen) atoms. The second-order valence-corrected chi connectivity index (χ2v) is 7.75. The van der Waals surface area contributed by atoms with E-state index in [2.05, 4.69) is 64.9 Å². The van der Waals surface area contributed by atoms with Gasteiger partial charge in [0, 0.05) is 30.1 Å². The van der Waals surface area contributed by atoms with Crippen molar-refractivity contribution in [2.75, 3.05) is 13.2 Å². The lowest BCUT2D eigenvalue weighted by molar-refractivity contribution is -0.385. The predicted molar refractivity (Wildman–Crippen MR) is 90.9 cm³/mol. The highest BCUT2D eigenvalue weighted by molar-refractivity contribution is 9.11. The van der Waals surface area contributed by atoms with Gasteiger partial charge in [-0.05, 0) is 52.6 Å². The topological polar surface area (TPSA) is 64.4 Å². The van der Waals surface area contributed by atoms with Crippen molar-refractivity contribution in [3.8, 4) is 5.75 Å². The Hall–Kier alpha value is -0.660. The summed E-state index contributed by atoms with van der Waals surface area (Å²) < 4.78 is 6.91. The molecule has 0 saturated carbocycles. The van der Waals surface area contributed by atoms with Crippen molar-refractivity contribution in [1.29, 1.82) is 0 Å². The summed E-state index contributed by atoms with van der Waals surface area (Å²) in [6.07, 6.45) is 0. The van der Waals surface area contributed by atoms with Crippen molar-refractivity contribution < 1.29 is 9.66 Å². The van der Waals surface area contributed by atoms with Crippen molar-refractivity contribution in [1.82, 2.24) is 5.32 Å². The summed E-state index contributed by atoms with van der Waals surface area (Å²) in [6, 6.07) is 2.89. The highest BCUT2D eigenvalue weighted by Gasteiger charge is 2.17. The molecule has 1 aromatic carbocycles. The van der Waals surface area contributed by atoms with Gasteiger partial charge in [0.25, 0.3) is 5.69 Å². The molecule has 0 amide bonds. The zero-order valence-corrected chi connectivity index (χ0v) is 15.7. The van der Waals surface area contributed by atoms with Crippen LogP contribution < -0.4 is 10.1 Å². The van der Waals surface area contributed by atoms with Crippen LogP contribution in [0.15, 0.2) is 21.1 Å². The van der Waals surface area contributed by atoms with Crippen molar-refractivity contribution in [2.24, 2.45) is 5.92 Å². The van der Waals surface area contributed by atoms with E-state index >= 15 is 0 Å². The van der Waals surface area contributed by atoms with Crippen LogP contribution in [-0.4, -0.2) is 23.6 Å². The van der Waals surface area contributed by atoms with Gasteiger partial charge in [-0.2, -0.15) is 0 Å². The second-order valence-electron chi connectivity index (χ2n) is 6.04. The highest BCUT2D eigenvalue weighted by Crippen LogP contribution is 2.37. The van der Waals surface area contributed by atoms with Gasteiger partial charge in [0.05, 0.1) is 20.5 Å². The molecule has 1 N–H and O–H groups in total. The average molecular weight is 424 g/mol. The summed E-state index contributed by atoms with van der Waals surface area (Å²) in [5.74, 6) is 0.904. The van der Waals surface area contributed by atoms with Gasteiger partial charge in [-0.3, -0.25) is 10.1 Å². The fourth-order valence-corrected chi connectivity index (χ4v) is 2.95. The zero-order valence-electron chi connectivity index (χ0n) is 12.6. The van der Waals surface area contributed by atoms with Crippen LogP contribution in [0, 0.1) is 16.0 Å². The van der Waals surface area contributed by atoms with Crippen LogP contribution >= 0.6 is 31.9 Å². The maximum atomic E-state index is 10.8. The third-order valence-corrected chi connectivity index (χ3v) is 3.86. The van der Waals surface area contributed by atoms with E-state index in [0.29, 0.717) is 27.2 Å². The largest absolute Gasteiger partial charge is 0.491 e. The molecular weight excluding hydrogens is 404 g/mol. The Bertz CT molecular complexity index is 492.